The maximum Gasteiger partial charge on any atom is 0.322 e. The van der Waals surface area contributed by atoms with Crippen LogP contribution in [0.25, 0.3) is 0 Å². The summed E-state index contributed by atoms with van der Waals surface area (Å²) in [6.45, 7) is 0.596. The van der Waals surface area contributed by atoms with Crippen LogP contribution in [0, 0.1) is 0 Å². The Hall–Kier alpha value is -2.80. The smallest absolute Gasteiger partial charge is 0.322 e. The predicted octanol–water partition coefficient (Wildman–Crippen LogP) is 2.52. The first kappa shape index (κ1) is 16.1. The van der Waals surface area contributed by atoms with Gasteiger partial charge in [-0.1, -0.05) is 6.07 Å². The number of nitrogens with zero attached hydrogens (tertiary/aromatic N) is 1. The number of aliphatic hydroxyl groups excluding tert-OH is 1. The molecule has 3 N–H and O–H groups in total. The van der Waals surface area contributed by atoms with Gasteiger partial charge in [0.05, 0.1) is 18.9 Å². The van der Waals surface area contributed by atoms with Crippen LogP contribution in [0.2, 0.25) is 0 Å². The fraction of sp³-hybridized carbons (Fsp3) is 0.294. The Bertz CT molecular complexity index is 714. The number of likely N-dealkylation sites (tertiary alicyclic amines) is 1. The average Bonchev–Trinajstić information content (AvgIpc) is 3.26. The Balaban J connectivity index is 1.65. The SMILES string of the molecule is O=C(Nc1cccc(NC(=O)N2CCC[C@@H]2CO)c1)c1ccco1. The Morgan fingerprint density at radius 2 is 2.00 bits per heavy atom. The molecule has 1 aromatic carbocycles. The second kappa shape index (κ2) is 7.18. The van der Waals surface area contributed by atoms with Crippen LogP contribution in [0.15, 0.2) is 47.1 Å². The zero-order chi connectivity index (χ0) is 16.9. The number of nitrogens with one attached hydrogen (secondary N) is 2. The lowest BCUT2D eigenvalue weighted by Gasteiger charge is -2.23. The number of hydrogen-bond donors (Lipinski definition) is 3. The molecule has 0 aliphatic carbocycles. The summed E-state index contributed by atoms with van der Waals surface area (Å²) in [5.74, 6) is -0.143. The molecule has 0 radical (unpaired) electrons. The van der Waals surface area contributed by atoms with E-state index in [1.807, 2.05) is 0 Å². The molecule has 3 rings (SSSR count). The van der Waals surface area contributed by atoms with E-state index in [0.29, 0.717) is 17.9 Å². The van der Waals surface area contributed by atoms with Gasteiger partial charge in [0.15, 0.2) is 5.76 Å². The molecule has 3 amide bonds. The molecule has 7 heteroatoms. The zero-order valence-corrected chi connectivity index (χ0v) is 13.1. The maximum atomic E-state index is 12.3. The highest BCUT2D eigenvalue weighted by atomic mass is 16.3. The summed E-state index contributed by atoms with van der Waals surface area (Å²) in [7, 11) is 0. The monoisotopic (exact) mass is 329 g/mol. The van der Waals surface area contributed by atoms with Gasteiger partial charge in [-0.25, -0.2) is 4.79 Å². The van der Waals surface area contributed by atoms with Gasteiger partial charge < -0.3 is 25.1 Å². The first-order valence-electron chi connectivity index (χ1n) is 7.81. The number of carbonyl (C=O) groups is 2. The number of amides is 3. The number of aliphatic hydroxyl groups is 1. The van der Waals surface area contributed by atoms with Crippen molar-refractivity contribution < 1.29 is 19.1 Å². The Morgan fingerprint density at radius 1 is 1.21 bits per heavy atom. The van der Waals surface area contributed by atoms with E-state index in [4.69, 9.17) is 4.42 Å². The number of rotatable bonds is 4. The van der Waals surface area contributed by atoms with Crippen LogP contribution in [0.5, 0.6) is 0 Å². The third-order valence-electron chi connectivity index (χ3n) is 3.97. The number of urea groups is 1. The number of furan rings is 1. The van der Waals surface area contributed by atoms with Crippen molar-refractivity contribution >= 4 is 23.3 Å². The highest BCUT2D eigenvalue weighted by Crippen LogP contribution is 2.20. The molecule has 1 aliphatic heterocycles. The largest absolute Gasteiger partial charge is 0.459 e. The lowest BCUT2D eigenvalue weighted by atomic mass is 10.2. The van der Waals surface area contributed by atoms with Crippen molar-refractivity contribution in [2.24, 2.45) is 0 Å². The van der Waals surface area contributed by atoms with Gasteiger partial charge in [0.2, 0.25) is 0 Å². The molecule has 1 fully saturated rings. The molecule has 2 aromatic rings. The molecule has 1 aliphatic rings. The van der Waals surface area contributed by atoms with Crippen molar-refractivity contribution in [3.8, 4) is 0 Å². The molecular weight excluding hydrogens is 310 g/mol. The third kappa shape index (κ3) is 3.57. The summed E-state index contributed by atoms with van der Waals surface area (Å²) < 4.78 is 5.04. The molecule has 1 saturated heterocycles. The average molecular weight is 329 g/mol. The molecule has 0 spiro atoms. The van der Waals surface area contributed by atoms with Crippen molar-refractivity contribution in [1.29, 1.82) is 0 Å². The van der Waals surface area contributed by atoms with Gasteiger partial charge >= 0.3 is 6.03 Å². The van der Waals surface area contributed by atoms with Crippen molar-refractivity contribution in [1.82, 2.24) is 4.90 Å². The van der Waals surface area contributed by atoms with Gasteiger partial charge in [0, 0.05) is 17.9 Å². The minimum atomic E-state index is -0.358. The Morgan fingerprint density at radius 3 is 2.71 bits per heavy atom. The molecule has 0 unspecified atom stereocenters. The Labute approximate surface area is 139 Å². The van der Waals surface area contributed by atoms with Crippen LogP contribution in [-0.2, 0) is 0 Å². The van der Waals surface area contributed by atoms with Crippen molar-refractivity contribution in [3.05, 3.63) is 48.4 Å². The summed E-state index contributed by atoms with van der Waals surface area (Å²) in [6, 6.07) is 9.70. The summed E-state index contributed by atoms with van der Waals surface area (Å²) in [6.07, 6.45) is 3.13. The number of benzene rings is 1. The molecule has 7 nitrogen and oxygen atoms in total. The van der Waals surface area contributed by atoms with Crippen LogP contribution in [0.1, 0.15) is 23.4 Å². The topological polar surface area (TPSA) is 94.8 Å². The lowest BCUT2D eigenvalue weighted by molar-refractivity contribution is 0.0996. The van der Waals surface area contributed by atoms with Crippen LogP contribution >= 0.6 is 0 Å². The molecule has 24 heavy (non-hydrogen) atoms. The summed E-state index contributed by atoms with van der Waals surface area (Å²) in [4.78, 5) is 25.9. The quantitative estimate of drug-likeness (QED) is 0.803. The number of anilines is 2. The van der Waals surface area contributed by atoms with Crippen LogP contribution < -0.4 is 10.6 Å². The molecule has 1 aromatic heterocycles. The van der Waals surface area contributed by atoms with E-state index in [1.54, 1.807) is 41.3 Å². The molecule has 0 bridgehead atoms. The fourth-order valence-electron chi connectivity index (χ4n) is 2.76. The minimum Gasteiger partial charge on any atom is -0.459 e. The van der Waals surface area contributed by atoms with E-state index in [9.17, 15) is 14.7 Å². The van der Waals surface area contributed by atoms with Crippen LogP contribution in [-0.4, -0.2) is 41.1 Å². The van der Waals surface area contributed by atoms with E-state index in [2.05, 4.69) is 10.6 Å². The van der Waals surface area contributed by atoms with Crippen molar-refractivity contribution in [2.75, 3.05) is 23.8 Å². The summed E-state index contributed by atoms with van der Waals surface area (Å²) in [5, 5.41) is 14.8. The Kier molecular flexibility index (Phi) is 4.81. The zero-order valence-electron chi connectivity index (χ0n) is 13.1. The summed E-state index contributed by atoms with van der Waals surface area (Å²) in [5.41, 5.74) is 1.12. The van der Waals surface area contributed by atoms with E-state index in [0.717, 1.165) is 12.8 Å². The highest BCUT2D eigenvalue weighted by Gasteiger charge is 2.28. The summed E-state index contributed by atoms with van der Waals surface area (Å²) >= 11 is 0. The molecule has 1 atom stereocenters. The van der Waals surface area contributed by atoms with E-state index in [-0.39, 0.29) is 30.3 Å². The fourth-order valence-corrected chi connectivity index (χ4v) is 2.76. The molecule has 126 valence electrons. The van der Waals surface area contributed by atoms with Gasteiger partial charge in [-0.05, 0) is 43.2 Å². The molecular formula is C17H19N3O4. The van der Waals surface area contributed by atoms with E-state index >= 15 is 0 Å². The second-order valence-electron chi connectivity index (χ2n) is 5.61. The lowest BCUT2D eigenvalue weighted by Crippen LogP contribution is -2.40. The standard InChI is InChI=1S/C17H19N3O4/c21-11-14-6-2-8-20(14)17(23)19-13-5-1-4-12(10-13)18-16(22)15-7-3-9-24-15/h1,3-5,7,9-10,14,21H,2,6,8,11H2,(H,18,22)(H,19,23)/t14-/m1/s1. The van der Waals surface area contributed by atoms with Gasteiger partial charge in [-0.15, -0.1) is 0 Å². The second-order valence-corrected chi connectivity index (χ2v) is 5.61. The minimum absolute atomic E-state index is 0.0351. The van der Waals surface area contributed by atoms with Crippen molar-refractivity contribution in [3.63, 3.8) is 0 Å². The predicted molar refractivity (Wildman–Crippen MR) is 88.9 cm³/mol. The van der Waals surface area contributed by atoms with Crippen molar-refractivity contribution in [2.45, 2.75) is 18.9 Å². The maximum absolute atomic E-state index is 12.3. The van der Waals surface area contributed by atoms with Gasteiger partial charge in [-0.3, -0.25) is 4.79 Å². The molecule has 0 saturated carbocycles. The van der Waals surface area contributed by atoms with Crippen LogP contribution in [0.4, 0.5) is 16.2 Å². The highest BCUT2D eigenvalue weighted by molar-refractivity contribution is 6.02. The van der Waals surface area contributed by atoms with Crippen LogP contribution in [0.3, 0.4) is 0 Å². The third-order valence-corrected chi connectivity index (χ3v) is 3.97. The van der Waals surface area contributed by atoms with Gasteiger partial charge in [-0.2, -0.15) is 0 Å². The van der Waals surface area contributed by atoms with E-state index < -0.39 is 0 Å². The number of carbonyl (C=O) groups excluding carboxylic acids is 2. The number of hydrogen-bond acceptors (Lipinski definition) is 4. The van der Waals surface area contributed by atoms with Gasteiger partial charge in [0.25, 0.3) is 5.91 Å². The normalized spacial score (nSPS) is 16.9. The first-order valence-corrected chi connectivity index (χ1v) is 7.81. The van der Waals surface area contributed by atoms with E-state index in [1.165, 1.54) is 6.26 Å². The van der Waals surface area contributed by atoms with Gasteiger partial charge in [0.1, 0.15) is 0 Å². The first-order chi connectivity index (χ1) is 11.7. The molecule has 2 heterocycles.